The molecule has 4 heteroatoms. The summed E-state index contributed by atoms with van der Waals surface area (Å²) in [5, 5.41) is 18.5. The van der Waals surface area contributed by atoms with E-state index in [1.807, 2.05) is 0 Å². The van der Waals surface area contributed by atoms with E-state index in [1.165, 1.54) is 82.4 Å². The lowest BCUT2D eigenvalue weighted by Crippen LogP contribution is -2.02. The minimum atomic E-state index is -1.19. The summed E-state index contributed by atoms with van der Waals surface area (Å²) in [6.45, 7) is 2.25. The van der Waals surface area contributed by atoms with Gasteiger partial charge >= 0.3 is 5.97 Å². The average molecular weight is 377 g/mol. The Morgan fingerprint density at radius 1 is 0.778 bits per heavy atom. The normalized spacial score (nSPS) is 10.9. The number of Topliss-reactive ketones (excluding diaryl/α,β-unsaturated/α-hetero) is 1. The molecule has 0 aromatic heterocycles. The molecule has 4 nitrogen and oxygen atoms in total. The molecule has 152 valence electrons. The van der Waals surface area contributed by atoms with E-state index < -0.39 is 5.97 Å². The van der Waals surface area contributed by atoms with Crippen molar-refractivity contribution in [2.45, 2.75) is 96.8 Å². The van der Waals surface area contributed by atoms with Crippen molar-refractivity contribution in [1.29, 1.82) is 0 Å². The predicted octanol–water partition coefficient (Wildman–Crippen LogP) is 6.75. The van der Waals surface area contributed by atoms with E-state index in [-0.39, 0.29) is 17.1 Å². The number of unbranched alkanes of at least 4 members (excludes halogenated alkanes) is 12. The van der Waals surface area contributed by atoms with Crippen LogP contribution in [0.3, 0.4) is 0 Å². The molecule has 0 aliphatic rings. The number of hydrogen-bond acceptors (Lipinski definition) is 3. The van der Waals surface area contributed by atoms with E-state index in [9.17, 15) is 14.7 Å². The molecule has 0 unspecified atom stereocenters. The highest BCUT2D eigenvalue weighted by Crippen LogP contribution is 2.20. The molecule has 0 saturated carbocycles. The van der Waals surface area contributed by atoms with Crippen molar-refractivity contribution < 1.29 is 19.8 Å². The second-order valence-corrected chi connectivity index (χ2v) is 7.45. The van der Waals surface area contributed by atoms with Crippen molar-refractivity contribution in [3.63, 3.8) is 0 Å². The maximum atomic E-state index is 12.1. The quantitative estimate of drug-likeness (QED) is 0.247. The summed E-state index contributed by atoms with van der Waals surface area (Å²) >= 11 is 0. The summed E-state index contributed by atoms with van der Waals surface area (Å²) in [5.41, 5.74) is 0.212. The first-order chi connectivity index (χ1) is 13.1. The van der Waals surface area contributed by atoms with Crippen LogP contribution >= 0.6 is 0 Å². The Morgan fingerprint density at radius 3 is 1.70 bits per heavy atom. The van der Waals surface area contributed by atoms with Crippen LogP contribution in [-0.4, -0.2) is 22.0 Å². The van der Waals surface area contributed by atoms with Crippen molar-refractivity contribution in [2.75, 3.05) is 0 Å². The van der Waals surface area contributed by atoms with Gasteiger partial charge in [0.2, 0.25) is 0 Å². The molecule has 0 aliphatic carbocycles. The number of benzene rings is 1. The molecule has 1 aromatic carbocycles. The topological polar surface area (TPSA) is 74.6 Å². The third kappa shape index (κ3) is 10.2. The fourth-order valence-corrected chi connectivity index (χ4v) is 3.33. The molecular weight excluding hydrogens is 340 g/mol. The second-order valence-electron chi connectivity index (χ2n) is 7.45. The molecule has 0 amide bonds. The Bertz CT molecular complexity index is 565. The van der Waals surface area contributed by atoms with Crippen LogP contribution in [-0.2, 0) is 0 Å². The highest BCUT2D eigenvalue weighted by molar-refractivity contribution is 5.98. The molecule has 0 spiro atoms. The third-order valence-electron chi connectivity index (χ3n) is 5.06. The van der Waals surface area contributed by atoms with Crippen molar-refractivity contribution in [3.05, 3.63) is 29.3 Å². The van der Waals surface area contributed by atoms with Gasteiger partial charge in [0.25, 0.3) is 0 Å². The molecule has 0 radical (unpaired) electrons. The van der Waals surface area contributed by atoms with E-state index in [1.54, 1.807) is 0 Å². The fourth-order valence-electron chi connectivity index (χ4n) is 3.33. The zero-order valence-electron chi connectivity index (χ0n) is 16.8. The minimum Gasteiger partial charge on any atom is -0.507 e. The SMILES string of the molecule is CCCCCCCCCCCCCCCC(=O)c1ccc(C(=O)O)c(O)c1. The monoisotopic (exact) mass is 376 g/mol. The first-order valence-corrected chi connectivity index (χ1v) is 10.7. The molecule has 27 heavy (non-hydrogen) atoms. The summed E-state index contributed by atoms with van der Waals surface area (Å²) in [5.74, 6) is -1.58. The number of aromatic carboxylic acids is 1. The number of ketones is 1. The summed E-state index contributed by atoms with van der Waals surface area (Å²) in [6.07, 6.45) is 16.9. The van der Waals surface area contributed by atoms with Gasteiger partial charge in [0, 0.05) is 12.0 Å². The van der Waals surface area contributed by atoms with Gasteiger partial charge in [-0.1, -0.05) is 90.0 Å². The lowest BCUT2D eigenvalue weighted by atomic mass is 10.0. The Morgan fingerprint density at radius 2 is 1.26 bits per heavy atom. The number of carboxylic acid groups (broad SMARTS) is 1. The summed E-state index contributed by atoms with van der Waals surface area (Å²) in [4.78, 5) is 23.0. The van der Waals surface area contributed by atoms with Gasteiger partial charge in [-0.05, 0) is 18.6 Å². The molecular formula is C23H36O4. The van der Waals surface area contributed by atoms with Crippen LogP contribution in [0.25, 0.3) is 0 Å². The number of phenols is 1. The molecule has 0 bridgehead atoms. The van der Waals surface area contributed by atoms with Crippen molar-refractivity contribution in [3.8, 4) is 5.75 Å². The zero-order valence-corrected chi connectivity index (χ0v) is 16.8. The first kappa shape index (κ1) is 23.2. The molecule has 1 rings (SSSR count). The molecule has 0 fully saturated rings. The Hall–Kier alpha value is -1.84. The van der Waals surface area contributed by atoms with E-state index in [0.29, 0.717) is 12.0 Å². The van der Waals surface area contributed by atoms with Gasteiger partial charge in [0.15, 0.2) is 5.78 Å². The van der Waals surface area contributed by atoms with Crippen molar-refractivity contribution in [2.24, 2.45) is 0 Å². The molecule has 0 heterocycles. The number of carbonyl (C=O) groups excluding carboxylic acids is 1. The highest BCUT2D eigenvalue weighted by atomic mass is 16.4. The number of hydrogen-bond donors (Lipinski definition) is 2. The minimum absolute atomic E-state index is 0.0367. The average Bonchev–Trinajstić information content (AvgIpc) is 2.64. The Balaban J connectivity index is 2.03. The summed E-state index contributed by atoms with van der Waals surface area (Å²) in [7, 11) is 0. The lowest BCUT2D eigenvalue weighted by molar-refractivity contribution is 0.0693. The van der Waals surface area contributed by atoms with Crippen LogP contribution in [0.1, 0.15) is 118 Å². The maximum Gasteiger partial charge on any atom is 0.339 e. The summed E-state index contributed by atoms with van der Waals surface area (Å²) in [6, 6.07) is 4.02. The first-order valence-electron chi connectivity index (χ1n) is 10.7. The Kier molecular flexibility index (Phi) is 12.2. The molecule has 0 atom stereocenters. The van der Waals surface area contributed by atoms with Gasteiger partial charge in [-0.15, -0.1) is 0 Å². The van der Waals surface area contributed by atoms with Gasteiger partial charge in [-0.2, -0.15) is 0 Å². The largest absolute Gasteiger partial charge is 0.507 e. The van der Waals surface area contributed by atoms with E-state index in [2.05, 4.69) is 6.92 Å². The van der Waals surface area contributed by atoms with E-state index in [0.717, 1.165) is 19.3 Å². The van der Waals surface area contributed by atoms with Crippen LogP contribution < -0.4 is 0 Å². The van der Waals surface area contributed by atoms with Crippen LogP contribution in [0, 0.1) is 0 Å². The lowest BCUT2D eigenvalue weighted by Gasteiger charge is -2.05. The Labute approximate surface area is 164 Å². The van der Waals surface area contributed by atoms with Gasteiger partial charge in [-0.25, -0.2) is 4.79 Å². The highest BCUT2D eigenvalue weighted by Gasteiger charge is 2.13. The number of carboxylic acids is 1. The fraction of sp³-hybridized carbons (Fsp3) is 0.652. The van der Waals surface area contributed by atoms with Gasteiger partial charge in [-0.3, -0.25) is 4.79 Å². The van der Waals surface area contributed by atoms with Crippen LogP contribution in [0.5, 0.6) is 5.75 Å². The molecule has 0 aliphatic heterocycles. The number of aromatic hydroxyl groups is 1. The van der Waals surface area contributed by atoms with Crippen LogP contribution in [0.2, 0.25) is 0 Å². The summed E-state index contributed by atoms with van der Waals surface area (Å²) < 4.78 is 0. The van der Waals surface area contributed by atoms with Crippen molar-refractivity contribution >= 4 is 11.8 Å². The predicted molar refractivity (Wildman–Crippen MR) is 110 cm³/mol. The van der Waals surface area contributed by atoms with E-state index in [4.69, 9.17) is 5.11 Å². The van der Waals surface area contributed by atoms with Crippen molar-refractivity contribution in [1.82, 2.24) is 0 Å². The molecule has 2 N–H and O–H groups in total. The second kappa shape index (κ2) is 14.2. The zero-order chi connectivity index (χ0) is 19.9. The molecule has 0 saturated heterocycles. The standard InChI is InChI=1S/C23H36O4/c1-2-3-4-5-6-7-8-9-10-11-12-13-14-15-21(24)19-16-17-20(23(26)27)22(25)18-19/h16-18,25H,2-15H2,1H3,(H,26,27). The van der Waals surface area contributed by atoms with Crippen LogP contribution in [0.4, 0.5) is 0 Å². The maximum absolute atomic E-state index is 12.1. The van der Waals surface area contributed by atoms with Gasteiger partial charge in [0.05, 0.1) is 0 Å². The van der Waals surface area contributed by atoms with Crippen LogP contribution in [0.15, 0.2) is 18.2 Å². The number of carbonyl (C=O) groups is 2. The third-order valence-corrected chi connectivity index (χ3v) is 5.06. The van der Waals surface area contributed by atoms with Gasteiger partial charge < -0.3 is 10.2 Å². The van der Waals surface area contributed by atoms with Gasteiger partial charge in [0.1, 0.15) is 11.3 Å². The van der Waals surface area contributed by atoms with E-state index >= 15 is 0 Å². The smallest absolute Gasteiger partial charge is 0.339 e. The molecule has 1 aromatic rings. The number of rotatable bonds is 16.